The molecule has 0 unspecified atom stereocenters. The molecule has 2 aromatic heterocycles. The minimum atomic E-state index is -0.496. The topological polar surface area (TPSA) is 61.4 Å². The number of aryl methyl sites for hydroxylation is 2. The number of ether oxygens (including phenoxy) is 1. The molecule has 0 bridgehead atoms. The Labute approximate surface area is 137 Å². The number of rotatable bonds is 3. The molecule has 5 nitrogen and oxygen atoms in total. The monoisotopic (exact) mass is 331 g/mol. The molecule has 0 radical (unpaired) electrons. The molecule has 0 aliphatic carbocycles. The Morgan fingerprint density at radius 1 is 1.35 bits per heavy atom. The molecule has 0 atom stereocenters. The van der Waals surface area contributed by atoms with Crippen LogP contribution >= 0.6 is 11.6 Å². The van der Waals surface area contributed by atoms with E-state index in [1.807, 2.05) is 6.92 Å². The van der Waals surface area contributed by atoms with Gasteiger partial charge in [0.2, 0.25) is 0 Å². The van der Waals surface area contributed by atoms with Crippen LogP contribution < -0.4 is 5.63 Å². The number of carbonyl (C=O) groups excluding carboxylic acids is 1. The van der Waals surface area contributed by atoms with E-state index in [0.717, 1.165) is 5.56 Å². The molecule has 0 saturated heterocycles. The zero-order valence-electron chi connectivity index (χ0n) is 12.6. The van der Waals surface area contributed by atoms with Crippen molar-refractivity contribution in [2.24, 2.45) is 7.05 Å². The van der Waals surface area contributed by atoms with Crippen LogP contribution in [0.5, 0.6) is 0 Å². The predicted molar refractivity (Wildman–Crippen MR) is 86.8 cm³/mol. The summed E-state index contributed by atoms with van der Waals surface area (Å²) in [6, 6.07) is 8.14. The first-order valence-corrected chi connectivity index (χ1v) is 7.35. The second-order valence-electron chi connectivity index (χ2n) is 5.27. The van der Waals surface area contributed by atoms with Crippen LogP contribution in [-0.4, -0.2) is 10.5 Å². The Kier molecular flexibility index (Phi) is 3.96. The second-order valence-corrected chi connectivity index (χ2v) is 5.68. The van der Waals surface area contributed by atoms with Gasteiger partial charge in [-0.05, 0) is 36.8 Å². The fourth-order valence-corrected chi connectivity index (χ4v) is 2.52. The highest BCUT2D eigenvalue weighted by atomic mass is 35.5. The summed E-state index contributed by atoms with van der Waals surface area (Å²) in [6.45, 7) is 1.79. The predicted octanol–water partition coefficient (Wildman–Crippen LogP) is 3.45. The summed E-state index contributed by atoms with van der Waals surface area (Å²) in [6.07, 6.45) is 1.76. The molecule has 0 spiro atoms. The highest BCUT2D eigenvalue weighted by Gasteiger charge is 2.13. The second kappa shape index (κ2) is 5.93. The zero-order chi connectivity index (χ0) is 16.6. The molecule has 0 saturated carbocycles. The number of halogens is 1. The Bertz CT molecular complexity index is 955. The zero-order valence-corrected chi connectivity index (χ0v) is 13.4. The largest absolute Gasteiger partial charge is 0.456 e. The summed E-state index contributed by atoms with van der Waals surface area (Å²) in [7, 11) is 1.76. The van der Waals surface area contributed by atoms with Crippen LogP contribution in [0.4, 0.5) is 0 Å². The van der Waals surface area contributed by atoms with Crippen molar-refractivity contribution in [3.05, 3.63) is 68.8 Å². The molecule has 118 valence electrons. The molecule has 3 aromatic rings. The van der Waals surface area contributed by atoms with Crippen molar-refractivity contribution in [3.8, 4) is 0 Å². The van der Waals surface area contributed by atoms with Gasteiger partial charge in [0, 0.05) is 35.3 Å². The van der Waals surface area contributed by atoms with Crippen molar-refractivity contribution in [2.45, 2.75) is 13.5 Å². The normalized spacial score (nSPS) is 10.9. The molecule has 2 heterocycles. The number of hydrogen-bond acceptors (Lipinski definition) is 4. The number of nitrogens with zero attached hydrogens (tertiary/aromatic N) is 1. The van der Waals surface area contributed by atoms with Gasteiger partial charge in [0.15, 0.2) is 0 Å². The molecule has 6 heteroatoms. The fraction of sp³-hybridized carbons (Fsp3) is 0.176. The molecule has 1 aromatic carbocycles. The van der Waals surface area contributed by atoms with E-state index in [1.54, 1.807) is 42.1 Å². The molecular formula is C17H14ClNO4. The van der Waals surface area contributed by atoms with Crippen LogP contribution in [0.1, 0.15) is 21.6 Å². The fourth-order valence-electron chi connectivity index (χ4n) is 2.36. The van der Waals surface area contributed by atoms with Crippen molar-refractivity contribution < 1.29 is 13.9 Å². The lowest BCUT2D eigenvalue weighted by molar-refractivity contribution is 0.0462. The standard InChI is InChI=1S/C17H14ClNO4/c1-10-6-15-12(8-13(10)18)11(7-16(20)23-15)9-22-17(21)14-4-3-5-19(14)2/h3-8H,9H2,1-2H3. The Morgan fingerprint density at radius 2 is 2.13 bits per heavy atom. The van der Waals surface area contributed by atoms with Gasteiger partial charge >= 0.3 is 11.6 Å². The van der Waals surface area contributed by atoms with E-state index >= 15 is 0 Å². The van der Waals surface area contributed by atoms with Crippen molar-refractivity contribution in [1.82, 2.24) is 4.57 Å². The van der Waals surface area contributed by atoms with Gasteiger partial charge in [0.05, 0.1) is 0 Å². The molecular weight excluding hydrogens is 318 g/mol. The van der Waals surface area contributed by atoms with Crippen LogP contribution in [0.2, 0.25) is 5.02 Å². The Hall–Kier alpha value is -2.53. The van der Waals surface area contributed by atoms with Crippen molar-refractivity contribution in [3.63, 3.8) is 0 Å². The third-order valence-electron chi connectivity index (χ3n) is 3.62. The van der Waals surface area contributed by atoms with Crippen LogP contribution in [0.25, 0.3) is 11.0 Å². The first-order valence-electron chi connectivity index (χ1n) is 6.97. The summed E-state index contributed by atoms with van der Waals surface area (Å²) in [5, 5.41) is 1.21. The molecule has 0 aliphatic rings. The van der Waals surface area contributed by atoms with Gasteiger partial charge in [-0.25, -0.2) is 9.59 Å². The molecule has 0 fully saturated rings. The molecule has 0 amide bonds. The summed E-state index contributed by atoms with van der Waals surface area (Å²) in [4.78, 5) is 23.8. The summed E-state index contributed by atoms with van der Waals surface area (Å²) in [5.41, 5.74) is 1.72. The van der Waals surface area contributed by atoms with E-state index in [9.17, 15) is 9.59 Å². The quantitative estimate of drug-likeness (QED) is 0.545. The van der Waals surface area contributed by atoms with Crippen molar-refractivity contribution in [1.29, 1.82) is 0 Å². The lowest BCUT2D eigenvalue weighted by Gasteiger charge is -2.09. The van der Waals surface area contributed by atoms with Crippen LogP contribution in [0, 0.1) is 6.92 Å². The maximum Gasteiger partial charge on any atom is 0.355 e. The van der Waals surface area contributed by atoms with Crippen LogP contribution in [-0.2, 0) is 18.4 Å². The maximum atomic E-state index is 12.1. The average Bonchev–Trinajstić information content (AvgIpc) is 2.92. The van der Waals surface area contributed by atoms with Crippen LogP contribution in [0.15, 0.2) is 45.7 Å². The molecule has 23 heavy (non-hydrogen) atoms. The van der Waals surface area contributed by atoms with E-state index in [-0.39, 0.29) is 6.61 Å². The summed E-state index contributed by atoms with van der Waals surface area (Å²) < 4.78 is 12.1. The van der Waals surface area contributed by atoms with Gasteiger partial charge in [-0.3, -0.25) is 0 Å². The number of carbonyl (C=O) groups is 1. The Morgan fingerprint density at radius 3 is 2.83 bits per heavy atom. The van der Waals surface area contributed by atoms with Crippen molar-refractivity contribution in [2.75, 3.05) is 0 Å². The third-order valence-corrected chi connectivity index (χ3v) is 4.03. The maximum absolute atomic E-state index is 12.1. The number of benzene rings is 1. The van der Waals surface area contributed by atoms with Gasteiger partial charge in [-0.15, -0.1) is 0 Å². The molecule has 0 aliphatic heterocycles. The highest BCUT2D eigenvalue weighted by molar-refractivity contribution is 6.32. The first kappa shape index (κ1) is 15.4. The average molecular weight is 332 g/mol. The molecule has 0 N–H and O–H groups in total. The van der Waals surface area contributed by atoms with Gasteiger partial charge in [-0.1, -0.05) is 11.6 Å². The van der Waals surface area contributed by atoms with Gasteiger partial charge in [0.1, 0.15) is 17.9 Å². The van der Waals surface area contributed by atoms with Crippen molar-refractivity contribution >= 4 is 28.5 Å². The van der Waals surface area contributed by atoms with E-state index in [4.69, 9.17) is 20.8 Å². The summed E-state index contributed by atoms with van der Waals surface area (Å²) in [5.74, 6) is -0.461. The number of hydrogen-bond donors (Lipinski definition) is 0. The SMILES string of the molecule is Cc1cc2oc(=O)cc(COC(=O)c3cccn3C)c2cc1Cl. The number of fused-ring (bicyclic) bond motifs is 1. The van der Waals surface area contributed by atoms with E-state index in [0.29, 0.717) is 27.2 Å². The smallest absolute Gasteiger partial charge is 0.355 e. The van der Waals surface area contributed by atoms with Gasteiger partial charge in [0.25, 0.3) is 0 Å². The van der Waals surface area contributed by atoms with E-state index in [1.165, 1.54) is 6.07 Å². The first-order chi connectivity index (χ1) is 11.0. The van der Waals surface area contributed by atoms with E-state index in [2.05, 4.69) is 0 Å². The lowest BCUT2D eigenvalue weighted by atomic mass is 10.1. The van der Waals surface area contributed by atoms with E-state index < -0.39 is 11.6 Å². The van der Waals surface area contributed by atoms with Gasteiger partial charge in [-0.2, -0.15) is 0 Å². The molecule has 3 rings (SSSR count). The number of esters is 1. The van der Waals surface area contributed by atoms with Crippen LogP contribution in [0.3, 0.4) is 0 Å². The Balaban J connectivity index is 1.94. The lowest BCUT2D eigenvalue weighted by Crippen LogP contribution is -2.11. The number of aromatic nitrogens is 1. The highest BCUT2D eigenvalue weighted by Crippen LogP contribution is 2.25. The third kappa shape index (κ3) is 3.00. The minimum Gasteiger partial charge on any atom is -0.456 e. The minimum absolute atomic E-state index is 0.0362. The van der Waals surface area contributed by atoms with Gasteiger partial charge < -0.3 is 13.7 Å². The summed E-state index contributed by atoms with van der Waals surface area (Å²) >= 11 is 6.13.